The van der Waals surface area contributed by atoms with Gasteiger partial charge in [-0.3, -0.25) is 14.4 Å². The van der Waals surface area contributed by atoms with Crippen molar-refractivity contribution in [1.82, 2.24) is 0 Å². The van der Waals surface area contributed by atoms with Crippen molar-refractivity contribution >= 4 is 29.3 Å². The van der Waals surface area contributed by atoms with Crippen LogP contribution in [0.15, 0.2) is 72.8 Å². The van der Waals surface area contributed by atoms with Gasteiger partial charge in [0, 0.05) is 11.1 Å². The number of carbonyl (C=O) groups is 4. The molecule has 6 heteroatoms. The molecule has 3 aromatic rings. The van der Waals surface area contributed by atoms with E-state index >= 15 is 0 Å². The van der Waals surface area contributed by atoms with Crippen LogP contribution in [0.4, 0.5) is 5.69 Å². The first kappa shape index (κ1) is 17.4. The fourth-order valence-corrected chi connectivity index (χ4v) is 3.20. The molecule has 1 aliphatic rings. The monoisotopic (exact) mass is 371 g/mol. The number of nitrogens with zero attached hydrogens (tertiary/aromatic N) is 1. The molecule has 0 aliphatic carbocycles. The quantitative estimate of drug-likeness (QED) is 0.560. The Labute approximate surface area is 159 Å². The number of hydrogen-bond donors (Lipinski definition) is 1. The molecule has 3 aromatic carbocycles. The third-order valence-corrected chi connectivity index (χ3v) is 4.56. The molecule has 28 heavy (non-hydrogen) atoms. The summed E-state index contributed by atoms with van der Waals surface area (Å²) in [6.45, 7) is 0. The lowest BCUT2D eigenvalue weighted by Crippen LogP contribution is -2.31. The van der Waals surface area contributed by atoms with E-state index in [0.717, 1.165) is 4.90 Å². The number of anilines is 1. The Morgan fingerprint density at radius 2 is 1.36 bits per heavy atom. The minimum Gasteiger partial charge on any atom is -0.478 e. The van der Waals surface area contributed by atoms with Crippen LogP contribution >= 0.6 is 0 Å². The van der Waals surface area contributed by atoms with Gasteiger partial charge in [0.15, 0.2) is 5.78 Å². The number of rotatable bonds is 4. The van der Waals surface area contributed by atoms with Crippen molar-refractivity contribution < 1.29 is 24.3 Å². The van der Waals surface area contributed by atoms with Crippen molar-refractivity contribution in [2.75, 3.05) is 4.90 Å². The third kappa shape index (κ3) is 2.68. The van der Waals surface area contributed by atoms with Gasteiger partial charge in [-0.25, -0.2) is 9.69 Å². The first-order valence-electron chi connectivity index (χ1n) is 8.44. The number of fused-ring (bicyclic) bond motifs is 1. The first-order valence-corrected chi connectivity index (χ1v) is 8.44. The highest BCUT2D eigenvalue weighted by Gasteiger charge is 2.38. The van der Waals surface area contributed by atoms with Crippen molar-refractivity contribution in [3.63, 3.8) is 0 Å². The molecule has 136 valence electrons. The minimum atomic E-state index is -1.19. The molecule has 6 nitrogen and oxygen atoms in total. The summed E-state index contributed by atoms with van der Waals surface area (Å²) in [6, 6.07) is 18.7. The van der Waals surface area contributed by atoms with Crippen LogP contribution in [-0.2, 0) is 0 Å². The zero-order valence-corrected chi connectivity index (χ0v) is 14.5. The molecule has 4 rings (SSSR count). The molecular formula is C22H13NO5. The second-order valence-corrected chi connectivity index (χ2v) is 6.22. The number of carbonyl (C=O) groups excluding carboxylic acids is 3. The van der Waals surface area contributed by atoms with Crippen LogP contribution < -0.4 is 4.90 Å². The molecule has 2 amide bonds. The standard InChI is InChI=1S/C22H13NO5/c24-19(13-6-2-1-3-7-13)16-8-4-5-9-18(16)23-20(25)15-11-10-14(22(27)28)12-17(15)21(23)26/h1-12H,(H,27,28). The molecule has 0 bridgehead atoms. The molecule has 0 fully saturated rings. The molecule has 1 N–H and O–H groups in total. The maximum atomic E-state index is 12.9. The van der Waals surface area contributed by atoms with Crippen molar-refractivity contribution in [3.8, 4) is 0 Å². The zero-order valence-electron chi connectivity index (χ0n) is 14.5. The minimum absolute atomic E-state index is 0.00635. The smallest absolute Gasteiger partial charge is 0.335 e. The lowest BCUT2D eigenvalue weighted by molar-refractivity contribution is 0.0696. The molecule has 0 saturated heterocycles. The van der Waals surface area contributed by atoms with E-state index in [1.54, 1.807) is 48.5 Å². The molecule has 0 aromatic heterocycles. The highest BCUT2D eigenvalue weighted by Crippen LogP contribution is 2.32. The van der Waals surface area contributed by atoms with Crippen LogP contribution in [0, 0.1) is 0 Å². The van der Waals surface area contributed by atoms with Crippen LogP contribution in [0.1, 0.15) is 47.0 Å². The summed E-state index contributed by atoms with van der Waals surface area (Å²) in [6.07, 6.45) is 0. The number of hydrogen-bond acceptors (Lipinski definition) is 4. The Balaban J connectivity index is 1.81. The van der Waals surface area contributed by atoms with E-state index in [4.69, 9.17) is 5.11 Å². The lowest BCUT2D eigenvalue weighted by atomic mass is 10.0. The molecule has 1 aliphatic heterocycles. The molecule has 0 atom stereocenters. The van der Waals surface area contributed by atoms with Gasteiger partial charge < -0.3 is 5.11 Å². The molecule has 1 heterocycles. The third-order valence-electron chi connectivity index (χ3n) is 4.56. The van der Waals surface area contributed by atoms with E-state index < -0.39 is 17.8 Å². The predicted octanol–water partition coefficient (Wildman–Crippen LogP) is 3.42. The number of carboxylic acid groups (broad SMARTS) is 1. The Morgan fingerprint density at radius 1 is 0.714 bits per heavy atom. The largest absolute Gasteiger partial charge is 0.478 e. The topological polar surface area (TPSA) is 91.8 Å². The van der Waals surface area contributed by atoms with Crippen molar-refractivity contribution in [3.05, 3.63) is 101 Å². The maximum Gasteiger partial charge on any atom is 0.335 e. The molecular weight excluding hydrogens is 358 g/mol. The van der Waals surface area contributed by atoms with Gasteiger partial charge in [0.05, 0.1) is 22.4 Å². The number of benzene rings is 3. The summed E-state index contributed by atoms with van der Waals surface area (Å²) in [7, 11) is 0. The highest BCUT2D eigenvalue weighted by atomic mass is 16.4. The Hall–Kier alpha value is -4.06. The Bertz CT molecular complexity index is 1150. The van der Waals surface area contributed by atoms with Gasteiger partial charge in [0.1, 0.15) is 0 Å². The number of amides is 2. The van der Waals surface area contributed by atoms with E-state index in [1.165, 1.54) is 24.3 Å². The highest BCUT2D eigenvalue weighted by molar-refractivity contribution is 6.36. The lowest BCUT2D eigenvalue weighted by Gasteiger charge is -2.17. The first-order chi connectivity index (χ1) is 13.5. The van der Waals surface area contributed by atoms with Crippen LogP contribution in [-0.4, -0.2) is 28.7 Å². The number of carboxylic acids is 1. The second kappa shape index (κ2) is 6.59. The average molecular weight is 371 g/mol. The number of imide groups is 1. The number of aromatic carboxylic acids is 1. The fraction of sp³-hybridized carbons (Fsp3) is 0. The molecule has 0 radical (unpaired) electrons. The Morgan fingerprint density at radius 3 is 2.07 bits per heavy atom. The van der Waals surface area contributed by atoms with Crippen LogP contribution in [0.2, 0.25) is 0 Å². The second-order valence-electron chi connectivity index (χ2n) is 6.22. The summed E-state index contributed by atoms with van der Waals surface area (Å²) in [4.78, 5) is 50.8. The summed E-state index contributed by atoms with van der Waals surface area (Å²) >= 11 is 0. The molecule has 0 spiro atoms. The predicted molar refractivity (Wildman–Crippen MR) is 101 cm³/mol. The molecule has 0 saturated carbocycles. The van der Waals surface area contributed by atoms with Crippen LogP contribution in [0.25, 0.3) is 0 Å². The van der Waals surface area contributed by atoms with Gasteiger partial charge in [-0.2, -0.15) is 0 Å². The van der Waals surface area contributed by atoms with Gasteiger partial charge in [-0.15, -0.1) is 0 Å². The van der Waals surface area contributed by atoms with Gasteiger partial charge >= 0.3 is 5.97 Å². The Kier molecular flexibility index (Phi) is 4.08. The van der Waals surface area contributed by atoms with Gasteiger partial charge in [-0.1, -0.05) is 42.5 Å². The number of ketones is 1. The summed E-state index contributed by atoms with van der Waals surface area (Å²) in [5.74, 6) is -2.76. The van der Waals surface area contributed by atoms with Gasteiger partial charge in [-0.05, 0) is 30.3 Å². The molecule has 0 unspecified atom stereocenters. The van der Waals surface area contributed by atoms with E-state index in [0.29, 0.717) is 5.56 Å². The van der Waals surface area contributed by atoms with Crippen molar-refractivity contribution in [2.45, 2.75) is 0 Å². The van der Waals surface area contributed by atoms with Gasteiger partial charge in [0.2, 0.25) is 0 Å². The summed E-state index contributed by atoms with van der Waals surface area (Å²) in [5, 5.41) is 9.14. The van der Waals surface area contributed by atoms with Gasteiger partial charge in [0.25, 0.3) is 11.8 Å². The average Bonchev–Trinajstić information content (AvgIpc) is 2.98. The zero-order chi connectivity index (χ0) is 19.8. The SMILES string of the molecule is O=C(O)c1ccc2c(c1)C(=O)N(c1ccccc1C(=O)c1ccccc1)C2=O. The van der Waals surface area contributed by atoms with E-state index in [9.17, 15) is 19.2 Å². The van der Waals surface area contributed by atoms with Crippen LogP contribution in [0.3, 0.4) is 0 Å². The van der Waals surface area contributed by atoms with Crippen molar-refractivity contribution in [2.24, 2.45) is 0 Å². The van der Waals surface area contributed by atoms with E-state index in [2.05, 4.69) is 0 Å². The van der Waals surface area contributed by atoms with Crippen molar-refractivity contribution in [1.29, 1.82) is 0 Å². The normalized spacial score (nSPS) is 12.8. The van der Waals surface area contributed by atoms with E-state index in [-0.39, 0.29) is 33.7 Å². The summed E-state index contributed by atoms with van der Waals surface area (Å²) < 4.78 is 0. The summed E-state index contributed by atoms with van der Waals surface area (Å²) in [5.41, 5.74) is 0.833. The number of para-hydroxylation sites is 1. The fourth-order valence-electron chi connectivity index (χ4n) is 3.20. The van der Waals surface area contributed by atoms with E-state index in [1.807, 2.05) is 0 Å². The van der Waals surface area contributed by atoms with Crippen LogP contribution in [0.5, 0.6) is 0 Å². The maximum absolute atomic E-state index is 12.9.